The maximum absolute atomic E-state index is 15.1. The van der Waals surface area contributed by atoms with Gasteiger partial charge in [-0.3, -0.25) is 4.79 Å². The van der Waals surface area contributed by atoms with Crippen molar-refractivity contribution >= 4 is 16.9 Å². The van der Waals surface area contributed by atoms with Crippen molar-refractivity contribution in [3.05, 3.63) is 66.1 Å². The van der Waals surface area contributed by atoms with Gasteiger partial charge in [-0.2, -0.15) is 13.2 Å². The van der Waals surface area contributed by atoms with E-state index in [0.717, 1.165) is 12.1 Å². The molecule has 1 aliphatic carbocycles. The quantitative estimate of drug-likeness (QED) is 0.238. The van der Waals surface area contributed by atoms with Crippen LogP contribution in [0, 0.1) is 11.2 Å². The molecule has 3 heterocycles. The Morgan fingerprint density at radius 1 is 1.02 bits per heavy atom. The van der Waals surface area contributed by atoms with E-state index in [2.05, 4.69) is 15.0 Å². The largest absolute Gasteiger partial charge is 0.474 e. The maximum Gasteiger partial charge on any atom is 0.416 e. The number of hydrogen-bond donors (Lipinski definition) is 1. The number of nitrogens with zero attached hydrogens (tertiary/aromatic N) is 3. The number of rotatable bonds is 5. The average molecular weight is 603 g/mol. The minimum absolute atomic E-state index is 0.0796. The van der Waals surface area contributed by atoms with Crippen molar-refractivity contribution in [1.29, 1.82) is 0 Å². The van der Waals surface area contributed by atoms with Crippen LogP contribution in [0.1, 0.15) is 44.6 Å². The number of benzene rings is 2. The summed E-state index contributed by atoms with van der Waals surface area (Å²) in [5.74, 6) is -3.16. The van der Waals surface area contributed by atoms with Crippen molar-refractivity contribution in [2.45, 2.75) is 57.2 Å². The normalized spacial score (nSPS) is 22.2. The van der Waals surface area contributed by atoms with Gasteiger partial charge in [-0.15, -0.1) is 0 Å². The molecule has 226 valence electrons. The van der Waals surface area contributed by atoms with Crippen molar-refractivity contribution < 1.29 is 35.9 Å². The third kappa shape index (κ3) is 5.92. The van der Waals surface area contributed by atoms with Crippen LogP contribution in [0.5, 0.6) is 5.88 Å². The molecule has 6 nitrogen and oxygen atoms in total. The fourth-order valence-electron chi connectivity index (χ4n) is 5.84. The van der Waals surface area contributed by atoms with Crippen molar-refractivity contribution in [1.82, 2.24) is 19.9 Å². The Hall–Kier alpha value is -4.09. The fourth-order valence-corrected chi connectivity index (χ4v) is 5.84. The molecule has 1 saturated carbocycles. The van der Waals surface area contributed by atoms with Crippen LogP contribution in [-0.2, 0) is 11.0 Å². The molecule has 2 aromatic heterocycles. The first kappa shape index (κ1) is 29.0. The third-order valence-corrected chi connectivity index (χ3v) is 8.40. The Labute approximate surface area is 243 Å². The van der Waals surface area contributed by atoms with Crippen molar-refractivity contribution in [3.63, 3.8) is 0 Å². The number of pyridine rings is 1. The molecule has 6 rings (SSSR count). The Balaban J connectivity index is 1.09. The van der Waals surface area contributed by atoms with Gasteiger partial charge in [0.05, 0.1) is 28.7 Å². The number of fused-ring (bicyclic) bond motifs is 1. The summed E-state index contributed by atoms with van der Waals surface area (Å²) in [5, 5.41) is 0. The molecular formula is C31H28F6N4O2. The zero-order valence-corrected chi connectivity index (χ0v) is 23.1. The number of ether oxygens (including phenoxy) is 1. The fraction of sp³-hybridized carbons (Fsp3) is 0.387. The predicted molar refractivity (Wildman–Crippen MR) is 147 cm³/mol. The summed E-state index contributed by atoms with van der Waals surface area (Å²) in [6.45, 7) is 1.39. The molecule has 12 heteroatoms. The van der Waals surface area contributed by atoms with Gasteiger partial charge in [0.25, 0.3) is 5.92 Å². The molecule has 1 amide bonds. The van der Waals surface area contributed by atoms with E-state index in [9.17, 15) is 26.7 Å². The predicted octanol–water partition coefficient (Wildman–Crippen LogP) is 7.65. The van der Waals surface area contributed by atoms with Crippen LogP contribution in [0.3, 0.4) is 0 Å². The summed E-state index contributed by atoms with van der Waals surface area (Å²) in [7, 11) is 0. The minimum atomic E-state index is -4.51. The van der Waals surface area contributed by atoms with Gasteiger partial charge in [0.1, 0.15) is 17.7 Å². The number of H-pyrrole nitrogens is 1. The van der Waals surface area contributed by atoms with E-state index in [1.165, 1.54) is 23.1 Å². The highest BCUT2D eigenvalue weighted by molar-refractivity contribution is 5.83. The van der Waals surface area contributed by atoms with Crippen LogP contribution in [0.25, 0.3) is 33.5 Å². The summed E-state index contributed by atoms with van der Waals surface area (Å²) in [5.41, 5.74) is 0.190. The van der Waals surface area contributed by atoms with E-state index < -0.39 is 35.4 Å². The first-order valence-corrected chi connectivity index (χ1v) is 14.0. The van der Waals surface area contributed by atoms with E-state index in [-0.39, 0.29) is 41.9 Å². The van der Waals surface area contributed by atoms with Crippen LogP contribution in [0.4, 0.5) is 26.3 Å². The van der Waals surface area contributed by atoms with Gasteiger partial charge >= 0.3 is 6.18 Å². The lowest BCUT2D eigenvalue weighted by Crippen LogP contribution is -2.45. The molecule has 1 N–H and O–H groups in total. The molecule has 0 spiro atoms. The summed E-state index contributed by atoms with van der Waals surface area (Å²) in [4.78, 5) is 25.6. The number of aromatic amines is 1. The maximum atomic E-state index is 15.1. The number of hydrogen-bond acceptors (Lipinski definition) is 4. The first-order valence-electron chi connectivity index (χ1n) is 14.0. The van der Waals surface area contributed by atoms with Gasteiger partial charge in [0.15, 0.2) is 0 Å². The van der Waals surface area contributed by atoms with Gasteiger partial charge in [-0.05, 0) is 67.6 Å². The number of amides is 1. The van der Waals surface area contributed by atoms with Crippen molar-refractivity contribution in [3.8, 4) is 28.4 Å². The Bertz CT molecular complexity index is 1660. The lowest BCUT2D eigenvalue weighted by atomic mass is 9.73. The lowest BCUT2D eigenvalue weighted by Gasteiger charge is -2.38. The van der Waals surface area contributed by atoms with Crippen LogP contribution < -0.4 is 4.74 Å². The number of nitrogens with one attached hydrogen (secondary N) is 1. The number of halogens is 6. The highest BCUT2D eigenvalue weighted by Crippen LogP contribution is 2.41. The standard InChI is InChI=1S/C31H28F6N4O2/c1-29(28(42)41-13-12-30(33,34)17-41)10-8-21(9-11-29)43-26-7-3-19(16-38-26)18-2-5-22(23(32)14-18)27-39-24-6-4-20(31(35,36)37)15-25(24)40-27/h2-7,14-16,21H,8-13,17H2,1H3,(H,39,40)/t21-,29+. The van der Waals surface area contributed by atoms with Gasteiger partial charge in [0.2, 0.25) is 11.8 Å². The van der Waals surface area contributed by atoms with Gasteiger partial charge in [-0.25, -0.2) is 23.1 Å². The zero-order chi connectivity index (χ0) is 30.6. The topological polar surface area (TPSA) is 71.1 Å². The van der Waals surface area contributed by atoms with Gasteiger partial charge < -0.3 is 14.6 Å². The summed E-state index contributed by atoms with van der Waals surface area (Å²) < 4.78 is 87.5. The van der Waals surface area contributed by atoms with Crippen LogP contribution in [-0.4, -0.2) is 50.9 Å². The minimum Gasteiger partial charge on any atom is -0.474 e. The summed E-state index contributed by atoms with van der Waals surface area (Å²) in [6.07, 6.45) is -1.21. The molecule has 0 unspecified atom stereocenters. The number of alkyl halides is 5. The molecule has 2 fully saturated rings. The van der Waals surface area contributed by atoms with E-state index in [1.54, 1.807) is 24.4 Å². The SMILES string of the molecule is C[C@]1(C(=O)N2CCC(F)(F)C2)CC[C@@H](Oc2ccc(-c3ccc(-c4nc5cc(C(F)(F)F)ccc5[nH]4)c(F)c3)cn2)CC1. The zero-order valence-electron chi connectivity index (χ0n) is 23.1. The third-order valence-electron chi connectivity index (χ3n) is 8.40. The highest BCUT2D eigenvalue weighted by Gasteiger charge is 2.46. The Kier molecular flexibility index (Phi) is 7.13. The van der Waals surface area contributed by atoms with Crippen LogP contribution >= 0.6 is 0 Å². The van der Waals surface area contributed by atoms with E-state index in [0.29, 0.717) is 48.2 Å². The van der Waals surface area contributed by atoms with Gasteiger partial charge in [0, 0.05) is 36.2 Å². The molecule has 4 aromatic rings. The molecule has 43 heavy (non-hydrogen) atoms. The van der Waals surface area contributed by atoms with Gasteiger partial charge in [-0.1, -0.05) is 13.0 Å². The van der Waals surface area contributed by atoms with E-state index in [4.69, 9.17) is 4.74 Å². The molecule has 2 aliphatic rings. The number of carbonyl (C=O) groups excluding carboxylic acids is 1. The van der Waals surface area contributed by atoms with E-state index >= 15 is 4.39 Å². The van der Waals surface area contributed by atoms with Crippen molar-refractivity contribution in [2.24, 2.45) is 5.41 Å². The Morgan fingerprint density at radius 3 is 2.40 bits per heavy atom. The lowest BCUT2D eigenvalue weighted by molar-refractivity contribution is -0.144. The smallest absolute Gasteiger partial charge is 0.416 e. The van der Waals surface area contributed by atoms with Crippen LogP contribution in [0.15, 0.2) is 54.7 Å². The Morgan fingerprint density at radius 2 is 1.77 bits per heavy atom. The molecule has 0 radical (unpaired) electrons. The number of likely N-dealkylation sites (tertiary alicyclic amines) is 1. The molecule has 1 aliphatic heterocycles. The summed E-state index contributed by atoms with van der Waals surface area (Å²) in [6, 6.07) is 11.0. The molecular weight excluding hydrogens is 574 g/mol. The molecule has 2 aromatic carbocycles. The number of aromatic nitrogens is 3. The highest BCUT2D eigenvalue weighted by atomic mass is 19.4. The number of carbonyl (C=O) groups is 1. The van der Waals surface area contributed by atoms with Crippen molar-refractivity contribution in [2.75, 3.05) is 13.1 Å². The number of imidazole rings is 1. The second-order valence-electron chi connectivity index (χ2n) is 11.6. The molecule has 0 bridgehead atoms. The van der Waals surface area contributed by atoms with E-state index in [1.807, 2.05) is 6.92 Å². The second kappa shape index (κ2) is 10.6. The second-order valence-corrected chi connectivity index (χ2v) is 11.6. The molecule has 1 saturated heterocycles. The first-order chi connectivity index (χ1) is 20.3. The van der Waals surface area contributed by atoms with Crippen LogP contribution in [0.2, 0.25) is 0 Å². The monoisotopic (exact) mass is 602 g/mol. The summed E-state index contributed by atoms with van der Waals surface area (Å²) >= 11 is 0. The average Bonchev–Trinajstić information content (AvgIpc) is 3.56. The molecule has 0 atom stereocenters.